The molecule has 2 heterocycles. The van der Waals surface area contributed by atoms with E-state index in [0.29, 0.717) is 31.4 Å². The Morgan fingerprint density at radius 1 is 1.02 bits per heavy atom. The fraction of sp³-hybridized carbons (Fsp3) is 0.538. The molecule has 0 saturated carbocycles. The zero-order valence-corrected chi connectivity index (χ0v) is 22.1. The molecule has 0 bridgehead atoms. The van der Waals surface area contributed by atoms with E-state index < -0.39 is 54.3 Å². The van der Waals surface area contributed by atoms with Crippen molar-refractivity contribution in [3.05, 3.63) is 29.8 Å². The van der Waals surface area contributed by atoms with Crippen molar-refractivity contribution in [2.75, 3.05) is 19.6 Å². The standard InChI is InChI=1S/C26H36N6O8/c27-21(34)10-9-17(23(36)31-19(26(39)40)13-15-5-7-16(33)8-6-15)30-22(35)14-29-24(37)20-4-2-12-32(20)25(38)18-3-1-11-28-18/h5-8,17-20,28,33H,1-4,9-14H2,(H2,27,34)(H,29,37)(H,30,35)(H,31,36)(H,39,40)/t17-,18-,19-,20-/m0/s1. The maximum Gasteiger partial charge on any atom is 0.326 e. The van der Waals surface area contributed by atoms with Gasteiger partial charge in [-0.15, -0.1) is 0 Å². The molecule has 1 aromatic rings. The number of benzene rings is 1. The van der Waals surface area contributed by atoms with Gasteiger partial charge < -0.3 is 42.1 Å². The Labute approximate surface area is 231 Å². The normalized spacial score (nSPS) is 19.9. The van der Waals surface area contributed by atoms with E-state index in [0.717, 1.165) is 13.0 Å². The van der Waals surface area contributed by atoms with Crippen molar-refractivity contribution in [3.63, 3.8) is 0 Å². The summed E-state index contributed by atoms with van der Waals surface area (Å²) in [6, 6.07) is 2.12. The third kappa shape index (κ3) is 8.66. The van der Waals surface area contributed by atoms with Gasteiger partial charge in [-0.3, -0.25) is 24.0 Å². The Morgan fingerprint density at radius 2 is 1.75 bits per heavy atom. The highest BCUT2D eigenvalue weighted by Gasteiger charge is 2.38. The second-order valence-corrected chi connectivity index (χ2v) is 9.95. The molecule has 2 aliphatic heterocycles. The number of phenolic OH excluding ortho intramolecular Hbond substituents is 1. The number of nitrogens with one attached hydrogen (secondary N) is 4. The molecule has 2 saturated heterocycles. The number of primary amides is 1. The van der Waals surface area contributed by atoms with E-state index in [9.17, 15) is 39.0 Å². The maximum atomic E-state index is 12.9. The van der Waals surface area contributed by atoms with Gasteiger partial charge in [0.05, 0.1) is 12.6 Å². The zero-order valence-electron chi connectivity index (χ0n) is 22.1. The average molecular weight is 561 g/mol. The third-order valence-electron chi connectivity index (χ3n) is 6.94. The van der Waals surface area contributed by atoms with Gasteiger partial charge in [-0.1, -0.05) is 12.1 Å². The molecule has 1 aromatic carbocycles. The highest BCUT2D eigenvalue weighted by atomic mass is 16.4. The van der Waals surface area contributed by atoms with Crippen molar-refractivity contribution in [2.45, 2.75) is 69.1 Å². The summed E-state index contributed by atoms with van der Waals surface area (Å²) in [6.07, 6.45) is 2.18. The summed E-state index contributed by atoms with van der Waals surface area (Å²) in [5, 5.41) is 29.4. The lowest BCUT2D eigenvalue weighted by Crippen LogP contribution is -2.55. The van der Waals surface area contributed by atoms with Crippen molar-refractivity contribution in [1.29, 1.82) is 0 Å². The number of aromatic hydroxyl groups is 1. The highest BCUT2D eigenvalue weighted by molar-refractivity contribution is 5.94. The van der Waals surface area contributed by atoms with E-state index >= 15 is 0 Å². The number of carboxylic acids is 1. The zero-order chi connectivity index (χ0) is 29.2. The largest absolute Gasteiger partial charge is 0.508 e. The number of amides is 5. The van der Waals surface area contributed by atoms with Gasteiger partial charge in [0, 0.05) is 19.4 Å². The lowest BCUT2D eigenvalue weighted by atomic mass is 10.0. The van der Waals surface area contributed by atoms with E-state index in [1.807, 2.05) is 0 Å². The Hall–Kier alpha value is -4.20. The summed E-state index contributed by atoms with van der Waals surface area (Å²) in [4.78, 5) is 75.8. The minimum Gasteiger partial charge on any atom is -0.508 e. The van der Waals surface area contributed by atoms with Crippen LogP contribution in [0, 0.1) is 0 Å². The predicted octanol–water partition coefficient (Wildman–Crippen LogP) is -1.89. The van der Waals surface area contributed by atoms with Gasteiger partial charge in [0.15, 0.2) is 0 Å². The number of nitrogens with two attached hydrogens (primary N) is 1. The summed E-state index contributed by atoms with van der Waals surface area (Å²) < 4.78 is 0. The number of hydrogen-bond acceptors (Lipinski definition) is 8. The van der Waals surface area contributed by atoms with Gasteiger partial charge in [-0.2, -0.15) is 0 Å². The first kappa shape index (κ1) is 30.3. The fourth-order valence-corrected chi connectivity index (χ4v) is 4.82. The molecule has 3 rings (SSSR count). The second kappa shape index (κ2) is 14.3. The summed E-state index contributed by atoms with van der Waals surface area (Å²) >= 11 is 0. The van der Waals surface area contributed by atoms with Crippen molar-refractivity contribution < 1.29 is 39.0 Å². The first-order valence-electron chi connectivity index (χ1n) is 13.3. The average Bonchev–Trinajstić information content (AvgIpc) is 3.63. The van der Waals surface area contributed by atoms with E-state index in [1.165, 1.54) is 29.2 Å². The Kier molecular flexibility index (Phi) is 10.8. The van der Waals surface area contributed by atoms with Gasteiger partial charge in [0.1, 0.15) is 23.9 Å². The third-order valence-corrected chi connectivity index (χ3v) is 6.94. The van der Waals surface area contributed by atoms with Crippen LogP contribution in [0.5, 0.6) is 5.75 Å². The minimum absolute atomic E-state index is 0.000888. The number of rotatable bonds is 13. The number of carboxylic acid groups (broad SMARTS) is 1. The molecule has 4 atom stereocenters. The van der Waals surface area contributed by atoms with Crippen LogP contribution in [0.3, 0.4) is 0 Å². The molecule has 2 fully saturated rings. The Bertz CT molecular complexity index is 1100. The van der Waals surface area contributed by atoms with Crippen molar-refractivity contribution in [2.24, 2.45) is 5.73 Å². The summed E-state index contributed by atoms with van der Waals surface area (Å²) in [5.41, 5.74) is 5.73. The van der Waals surface area contributed by atoms with Crippen LogP contribution in [0.25, 0.3) is 0 Å². The van der Waals surface area contributed by atoms with Crippen LogP contribution in [0.2, 0.25) is 0 Å². The van der Waals surface area contributed by atoms with Crippen LogP contribution in [0.15, 0.2) is 24.3 Å². The SMILES string of the molecule is NC(=O)CC[C@H](NC(=O)CNC(=O)[C@@H]1CCCN1C(=O)[C@@H]1CCCN1)C(=O)N[C@@H](Cc1ccc(O)cc1)C(=O)O. The maximum absolute atomic E-state index is 12.9. The number of aliphatic carboxylic acids is 1. The Morgan fingerprint density at radius 3 is 2.38 bits per heavy atom. The molecule has 0 aliphatic carbocycles. The Balaban J connectivity index is 1.57. The molecule has 14 nitrogen and oxygen atoms in total. The molecule has 2 aliphatic rings. The second-order valence-electron chi connectivity index (χ2n) is 9.95. The smallest absolute Gasteiger partial charge is 0.326 e. The van der Waals surface area contributed by atoms with E-state index in [-0.39, 0.29) is 37.0 Å². The molecular formula is C26H36N6O8. The van der Waals surface area contributed by atoms with Gasteiger partial charge in [0.2, 0.25) is 29.5 Å². The summed E-state index contributed by atoms with van der Waals surface area (Å²) in [6.45, 7) is 0.705. The number of hydrogen-bond donors (Lipinski definition) is 7. The van der Waals surface area contributed by atoms with Crippen molar-refractivity contribution >= 4 is 35.5 Å². The van der Waals surface area contributed by atoms with Crippen LogP contribution < -0.4 is 27.0 Å². The van der Waals surface area contributed by atoms with Crippen molar-refractivity contribution in [1.82, 2.24) is 26.2 Å². The van der Waals surface area contributed by atoms with E-state index in [2.05, 4.69) is 21.3 Å². The number of carbonyl (C=O) groups excluding carboxylic acids is 5. The first-order valence-corrected chi connectivity index (χ1v) is 13.3. The van der Waals surface area contributed by atoms with Crippen LogP contribution in [0.4, 0.5) is 0 Å². The first-order chi connectivity index (χ1) is 19.0. The van der Waals surface area contributed by atoms with Crippen LogP contribution in [-0.2, 0) is 35.2 Å². The van der Waals surface area contributed by atoms with Gasteiger partial charge in [0.25, 0.3) is 0 Å². The number of likely N-dealkylation sites (tertiary alicyclic amines) is 1. The van der Waals surface area contributed by atoms with E-state index in [1.54, 1.807) is 0 Å². The molecule has 5 amide bonds. The predicted molar refractivity (Wildman–Crippen MR) is 141 cm³/mol. The molecule has 14 heteroatoms. The van der Waals surface area contributed by atoms with Gasteiger partial charge >= 0.3 is 5.97 Å². The lowest BCUT2D eigenvalue weighted by molar-refractivity contribution is -0.142. The molecule has 0 unspecified atom stereocenters. The minimum atomic E-state index is -1.36. The molecule has 40 heavy (non-hydrogen) atoms. The van der Waals surface area contributed by atoms with Gasteiger partial charge in [-0.25, -0.2) is 4.79 Å². The summed E-state index contributed by atoms with van der Waals surface area (Å²) in [7, 11) is 0. The molecule has 218 valence electrons. The lowest BCUT2D eigenvalue weighted by Gasteiger charge is -2.26. The van der Waals surface area contributed by atoms with Crippen molar-refractivity contribution in [3.8, 4) is 5.75 Å². The fourth-order valence-electron chi connectivity index (χ4n) is 4.82. The number of carbonyl (C=O) groups is 6. The molecular weight excluding hydrogens is 524 g/mol. The highest BCUT2D eigenvalue weighted by Crippen LogP contribution is 2.20. The number of phenols is 1. The molecule has 8 N–H and O–H groups in total. The topological polar surface area (TPSA) is 220 Å². The monoisotopic (exact) mass is 560 g/mol. The van der Waals surface area contributed by atoms with Gasteiger partial charge in [-0.05, 0) is 56.3 Å². The van der Waals surface area contributed by atoms with E-state index in [4.69, 9.17) is 5.73 Å². The molecule has 0 aromatic heterocycles. The molecule has 0 spiro atoms. The van der Waals surface area contributed by atoms with Crippen LogP contribution in [-0.4, -0.2) is 94.4 Å². The van der Waals surface area contributed by atoms with Crippen LogP contribution >= 0.6 is 0 Å². The van der Waals surface area contributed by atoms with Crippen LogP contribution in [0.1, 0.15) is 44.1 Å². The molecule has 0 radical (unpaired) electrons. The number of nitrogens with zero attached hydrogens (tertiary/aromatic N) is 1. The summed E-state index contributed by atoms with van der Waals surface area (Å²) in [5.74, 6) is -4.25. The quantitative estimate of drug-likeness (QED) is 0.143.